The third-order valence-corrected chi connectivity index (χ3v) is 6.80. The van der Waals surface area contributed by atoms with Crippen molar-refractivity contribution in [2.24, 2.45) is 0 Å². The fraction of sp³-hybridized carbons (Fsp3) is 0.571. The molecule has 0 spiro atoms. The largest absolute Gasteiger partial charge is 0.150 e. The summed E-state index contributed by atoms with van der Waals surface area (Å²) in [5, 5.41) is 6.06. The molecule has 0 aromatic carbocycles. The first-order valence-electron chi connectivity index (χ1n) is 6.46. The molecule has 2 heterocycles. The molecule has 94 valence electrons. The molecule has 0 unspecified atom stereocenters. The quantitative estimate of drug-likeness (QED) is 0.383. The van der Waals surface area contributed by atoms with Crippen LogP contribution in [0.1, 0.15) is 50.3 Å². The van der Waals surface area contributed by atoms with Crippen molar-refractivity contribution in [1.82, 2.24) is 0 Å². The van der Waals surface area contributed by atoms with Crippen LogP contribution in [0.2, 0.25) is 0 Å². The molecule has 0 aliphatic carbocycles. The first kappa shape index (κ1) is 13.8. The predicted molar refractivity (Wildman–Crippen MR) is 89.5 cm³/mol. The Balaban J connectivity index is 1.78. The summed E-state index contributed by atoms with van der Waals surface area (Å²) in [4.78, 5) is 1.61. The van der Waals surface area contributed by atoms with Crippen molar-refractivity contribution in [2.45, 2.75) is 51.9 Å². The van der Waals surface area contributed by atoms with Crippen LogP contribution >= 0.6 is 45.3 Å². The Labute approximate surface area is 126 Å². The molecule has 17 heavy (non-hydrogen) atoms. The Morgan fingerprint density at radius 2 is 1.82 bits per heavy atom. The van der Waals surface area contributed by atoms with Crippen LogP contribution in [0, 0.1) is 3.57 Å². The van der Waals surface area contributed by atoms with Gasteiger partial charge in [0.05, 0.1) is 0 Å². The summed E-state index contributed by atoms with van der Waals surface area (Å²) in [6.45, 7) is 2.28. The summed E-state index contributed by atoms with van der Waals surface area (Å²) in [7, 11) is 0. The number of thiophene rings is 2. The second kappa shape index (κ2) is 7.10. The van der Waals surface area contributed by atoms with Crippen molar-refractivity contribution < 1.29 is 0 Å². The molecule has 0 N–H and O–H groups in total. The second-order valence-corrected chi connectivity index (χ2v) is 7.47. The van der Waals surface area contributed by atoms with Crippen LogP contribution in [-0.2, 0) is 6.42 Å². The molecule has 2 rings (SSSR count). The zero-order valence-corrected chi connectivity index (χ0v) is 14.1. The molecule has 3 heteroatoms. The first-order valence-corrected chi connectivity index (χ1v) is 9.29. The summed E-state index contributed by atoms with van der Waals surface area (Å²) >= 11 is 6.35. The van der Waals surface area contributed by atoms with Gasteiger partial charge in [-0.3, -0.25) is 0 Å². The summed E-state index contributed by atoms with van der Waals surface area (Å²) < 4.78 is 3.00. The van der Waals surface area contributed by atoms with Gasteiger partial charge in [-0.15, -0.1) is 11.3 Å². The number of halogens is 1. The highest BCUT2D eigenvalue weighted by atomic mass is 127. The maximum absolute atomic E-state index is 2.52. The summed E-state index contributed by atoms with van der Waals surface area (Å²) in [5.74, 6) is 0. The molecular formula is C14H19IS2. The van der Waals surface area contributed by atoms with E-state index >= 15 is 0 Å². The SMILES string of the molecule is CCCCCCCCc1sc2cscc2c1I. The van der Waals surface area contributed by atoms with E-state index in [1.165, 1.54) is 58.6 Å². The molecule has 0 saturated carbocycles. The van der Waals surface area contributed by atoms with Gasteiger partial charge in [0, 0.05) is 29.3 Å². The lowest BCUT2D eigenvalue weighted by Crippen LogP contribution is -1.85. The molecule has 0 nitrogen and oxygen atoms in total. The highest BCUT2D eigenvalue weighted by Gasteiger charge is 2.09. The van der Waals surface area contributed by atoms with Gasteiger partial charge in [-0.1, -0.05) is 39.0 Å². The minimum absolute atomic E-state index is 1.29. The van der Waals surface area contributed by atoms with Crippen molar-refractivity contribution in [2.75, 3.05) is 0 Å². The van der Waals surface area contributed by atoms with Gasteiger partial charge in [0.25, 0.3) is 0 Å². The van der Waals surface area contributed by atoms with Crippen LogP contribution < -0.4 is 0 Å². The third kappa shape index (κ3) is 3.67. The van der Waals surface area contributed by atoms with Gasteiger partial charge in [-0.25, -0.2) is 0 Å². The smallest absolute Gasteiger partial charge is 0.0463 e. The highest BCUT2D eigenvalue weighted by Crippen LogP contribution is 2.35. The van der Waals surface area contributed by atoms with Gasteiger partial charge in [-0.2, -0.15) is 11.3 Å². The zero-order chi connectivity index (χ0) is 12.1. The molecule has 0 saturated heterocycles. The molecule has 0 radical (unpaired) electrons. The van der Waals surface area contributed by atoms with Crippen molar-refractivity contribution in [3.63, 3.8) is 0 Å². The Morgan fingerprint density at radius 1 is 1.06 bits per heavy atom. The topological polar surface area (TPSA) is 0 Å². The Kier molecular flexibility index (Phi) is 5.77. The lowest BCUT2D eigenvalue weighted by molar-refractivity contribution is 0.609. The molecule has 0 atom stereocenters. The van der Waals surface area contributed by atoms with E-state index in [1.54, 1.807) is 4.88 Å². The number of unbranched alkanes of at least 4 members (excludes halogenated alkanes) is 5. The average molecular weight is 378 g/mol. The normalized spacial score (nSPS) is 11.4. The van der Waals surface area contributed by atoms with Gasteiger partial charge in [0.15, 0.2) is 0 Å². The Hall–Kier alpha value is 0.390. The van der Waals surface area contributed by atoms with E-state index in [0.717, 1.165) is 0 Å². The fourth-order valence-electron chi connectivity index (χ4n) is 2.08. The van der Waals surface area contributed by atoms with Gasteiger partial charge in [0.1, 0.15) is 0 Å². The van der Waals surface area contributed by atoms with E-state index < -0.39 is 0 Å². The summed E-state index contributed by atoms with van der Waals surface area (Å²) in [6, 6.07) is 0. The predicted octanol–water partition coefficient (Wildman–Crippen LogP) is 6.47. The Bertz CT molecular complexity index is 456. The minimum atomic E-state index is 1.29. The lowest BCUT2D eigenvalue weighted by atomic mass is 10.1. The van der Waals surface area contributed by atoms with Crippen LogP contribution in [0.15, 0.2) is 10.8 Å². The van der Waals surface area contributed by atoms with E-state index in [9.17, 15) is 0 Å². The summed E-state index contributed by atoms with van der Waals surface area (Å²) in [6.07, 6.45) is 9.66. The van der Waals surface area contributed by atoms with E-state index in [4.69, 9.17) is 0 Å². The average Bonchev–Trinajstić information content (AvgIpc) is 2.88. The molecule has 0 aliphatic heterocycles. The first-order chi connectivity index (χ1) is 8.33. The zero-order valence-electron chi connectivity index (χ0n) is 10.3. The van der Waals surface area contributed by atoms with Gasteiger partial charge in [0.2, 0.25) is 0 Å². The van der Waals surface area contributed by atoms with E-state index in [1.807, 2.05) is 22.7 Å². The van der Waals surface area contributed by atoms with Gasteiger partial charge < -0.3 is 0 Å². The molecule has 0 fully saturated rings. The van der Waals surface area contributed by atoms with E-state index in [2.05, 4.69) is 40.3 Å². The van der Waals surface area contributed by atoms with Gasteiger partial charge in [-0.05, 0) is 35.4 Å². The maximum atomic E-state index is 2.52. The summed E-state index contributed by atoms with van der Waals surface area (Å²) in [5.41, 5.74) is 0. The van der Waals surface area contributed by atoms with Crippen LogP contribution in [0.5, 0.6) is 0 Å². The van der Waals surface area contributed by atoms with Crippen LogP contribution in [0.4, 0.5) is 0 Å². The second-order valence-electron chi connectivity index (χ2n) is 4.51. The number of rotatable bonds is 7. The Morgan fingerprint density at radius 3 is 2.59 bits per heavy atom. The van der Waals surface area contributed by atoms with Gasteiger partial charge >= 0.3 is 0 Å². The number of fused-ring (bicyclic) bond motifs is 1. The van der Waals surface area contributed by atoms with Crippen molar-refractivity contribution >= 4 is 55.4 Å². The maximum Gasteiger partial charge on any atom is 0.0463 e. The number of hydrogen-bond donors (Lipinski definition) is 0. The fourth-order valence-corrected chi connectivity index (χ4v) is 5.63. The number of aryl methyl sites for hydroxylation is 1. The third-order valence-electron chi connectivity index (χ3n) is 3.10. The van der Waals surface area contributed by atoms with Crippen LogP contribution in [0.3, 0.4) is 0 Å². The van der Waals surface area contributed by atoms with Crippen LogP contribution in [0.25, 0.3) is 10.1 Å². The van der Waals surface area contributed by atoms with Crippen molar-refractivity contribution in [1.29, 1.82) is 0 Å². The molecule has 2 aromatic rings. The molecule has 0 bridgehead atoms. The number of hydrogen-bond acceptors (Lipinski definition) is 2. The van der Waals surface area contributed by atoms with E-state index in [-0.39, 0.29) is 0 Å². The van der Waals surface area contributed by atoms with Crippen LogP contribution in [-0.4, -0.2) is 0 Å². The molecular weight excluding hydrogens is 359 g/mol. The standard InChI is InChI=1S/C14H19IS2/c1-2-3-4-5-6-7-8-12-14(15)11-9-16-10-13(11)17-12/h9-10H,2-8H2,1H3. The van der Waals surface area contributed by atoms with E-state index in [0.29, 0.717) is 0 Å². The molecule has 0 amide bonds. The molecule has 2 aromatic heterocycles. The monoisotopic (exact) mass is 378 g/mol. The van der Waals surface area contributed by atoms with Crippen molar-refractivity contribution in [3.8, 4) is 0 Å². The lowest BCUT2D eigenvalue weighted by Gasteiger charge is -2.00. The van der Waals surface area contributed by atoms with Crippen molar-refractivity contribution in [3.05, 3.63) is 19.2 Å². The minimum Gasteiger partial charge on any atom is -0.150 e. The molecule has 0 aliphatic rings. The highest BCUT2D eigenvalue weighted by molar-refractivity contribution is 14.1.